The Hall–Kier alpha value is -3.92. The minimum absolute atomic E-state index is 0.0676. The van der Waals surface area contributed by atoms with Crippen molar-refractivity contribution in [3.63, 3.8) is 0 Å². The lowest BCUT2D eigenvalue weighted by Gasteiger charge is -2.18. The molecule has 0 aliphatic rings. The summed E-state index contributed by atoms with van der Waals surface area (Å²) in [5.41, 5.74) is 0.684. The molecule has 4 rings (SSSR count). The highest BCUT2D eigenvalue weighted by Gasteiger charge is 2.21. The largest absolute Gasteiger partial charge is 0.507 e. The third-order valence-corrected chi connectivity index (χ3v) is 6.68. The number of phenols is 1. The summed E-state index contributed by atoms with van der Waals surface area (Å²) < 4.78 is 79.8. The van der Waals surface area contributed by atoms with E-state index in [1.54, 1.807) is 7.05 Å². The van der Waals surface area contributed by atoms with Crippen molar-refractivity contribution in [2.45, 2.75) is 16.3 Å². The van der Waals surface area contributed by atoms with E-state index in [0.29, 0.717) is 6.54 Å². The number of anilines is 3. The van der Waals surface area contributed by atoms with Crippen LogP contribution in [0.3, 0.4) is 0 Å². The van der Waals surface area contributed by atoms with Crippen LogP contribution in [0.1, 0.15) is 5.56 Å². The lowest BCUT2D eigenvalue weighted by atomic mass is 10.1. The molecule has 0 amide bonds. The first-order valence-electron chi connectivity index (χ1n) is 10.0. The third-order valence-electron chi connectivity index (χ3n) is 5.02. The van der Waals surface area contributed by atoms with Gasteiger partial charge in [0.25, 0.3) is 20.2 Å². The van der Waals surface area contributed by atoms with Crippen molar-refractivity contribution in [1.82, 2.24) is 15.0 Å². The topological polar surface area (TPSA) is 183 Å². The van der Waals surface area contributed by atoms with Crippen LogP contribution in [0.2, 0.25) is 0 Å². The van der Waals surface area contributed by atoms with Crippen LogP contribution in [0.4, 0.5) is 22.0 Å². The maximum atomic E-state index is 14.3. The third kappa shape index (κ3) is 5.49. The van der Waals surface area contributed by atoms with Gasteiger partial charge in [0.2, 0.25) is 11.9 Å². The van der Waals surface area contributed by atoms with E-state index in [2.05, 4.69) is 20.3 Å². The Balaban J connectivity index is 1.81. The number of halogens is 1. The fourth-order valence-electron chi connectivity index (χ4n) is 3.45. The van der Waals surface area contributed by atoms with E-state index in [-0.39, 0.29) is 28.4 Å². The number of aromatic hydroxyl groups is 1. The van der Waals surface area contributed by atoms with Gasteiger partial charge >= 0.3 is 6.08 Å². The molecule has 0 bridgehead atoms. The van der Waals surface area contributed by atoms with Crippen molar-refractivity contribution in [2.24, 2.45) is 0 Å². The molecular formula is C21H18FN5O7S2. The quantitative estimate of drug-likeness (QED) is 0.254. The molecule has 0 aliphatic carbocycles. The van der Waals surface area contributed by atoms with E-state index in [9.17, 15) is 35.4 Å². The highest BCUT2D eigenvalue weighted by molar-refractivity contribution is 7.86. The molecule has 3 aromatic carbocycles. The predicted molar refractivity (Wildman–Crippen MR) is 127 cm³/mol. The molecule has 0 atom stereocenters. The average Bonchev–Trinajstić information content (AvgIpc) is 2.77. The van der Waals surface area contributed by atoms with E-state index < -0.39 is 41.9 Å². The normalized spacial score (nSPS) is 12.0. The van der Waals surface area contributed by atoms with Crippen molar-refractivity contribution in [1.29, 1.82) is 0 Å². The average molecular weight is 536 g/mol. The molecule has 0 saturated carbocycles. The highest BCUT2D eigenvalue weighted by atomic mass is 32.2. The first kappa shape index (κ1) is 25.2. The lowest BCUT2D eigenvalue weighted by molar-refractivity contribution is 0.471. The Morgan fingerprint density at radius 2 is 1.53 bits per heavy atom. The van der Waals surface area contributed by atoms with E-state index >= 15 is 0 Å². The molecule has 0 unspecified atom stereocenters. The van der Waals surface area contributed by atoms with Crippen LogP contribution in [0.15, 0.2) is 64.4 Å². The summed E-state index contributed by atoms with van der Waals surface area (Å²) in [4.78, 5) is 11.5. The molecule has 36 heavy (non-hydrogen) atoms. The maximum absolute atomic E-state index is 14.3. The highest BCUT2D eigenvalue weighted by Crippen LogP contribution is 2.37. The minimum atomic E-state index is -4.80. The van der Waals surface area contributed by atoms with Crippen LogP contribution in [0, 0.1) is 6.08 Å². The van der Waals surface area contributed by atoms with Crippen LogP contribution < -0.4 is 10.2 Å². The van der Waals surface area contributed by atoms with E-state index in [4.69, 9.17) is 0 Å². The Morgan fingerprint density at radius 3 is 2.14 bits per heavy atom. The van der Waals surface area contributed by atoms with Gasteiger partial charge in [-0.3, -0.25) is 9.11 Å². The Morgan fingerprint density at radius 1 is 0.917 bits per heavy atom. The van der Waals surface area contributed by atoms with E-state index in [0.717, 1.165) is 29.8 Å². The maximum Gasteiger partial charge on any atom is 0.315 e. The Kier molecular flexibility index (Phi) is 6.48. The molecular weight excluding hydrogens is 517 g/mol. The molecule has 4 N–H and O–H groups in total. The second-order valence-electron chi connectivity index (χ2n) is 7.66. The van der Waals surface area contributed by atoms with Gasteiger partial charge in [0.1, 0.15) is 5.75 Å². The Labute approximate surface area is 204 Å². The van der Waals surface area contributed by atoms with Gasteiger partial charge < -0.3 is 15.3 Å². The number of nitrogens with one attached hydrogen (secondary N) is 1. The van der Waals surface area contributed by atoms with Gasteiger partial charge in [-0.2, -0.15) is 36.2 Å². The fourth-order valence-corrected chi connectivity index (χ4v) is 4.53. The molecule has 1 heterocycles. The SMILES string of the molecule is CN(Cc1ccccc1)c1nc(F)nc(Nc2cc(S(=O)(=O)O)cc3cc(S(=O)(=O)O)cc(O)c23)n1. The van der Waals surface area contributed by atoms with Crippen molar-refractivity contribution in [3.8, 4) is 5.75 Å². The molecule has 1 aromatic heterocycles. The van der Waals surface area contributed by atoms with E-state index in [1.165, 1.54) is 4.90 Å². The summed E-state index contributed by atoms with van der Waals surface area (Å²) in [6, 6.07) is 12.6. The molecule has 0 saturated heterocycles. The van der Waals surface area contributed by atoms with Crippen molar-refractivity contribution in [2.75, 3.05) is 17.3 Å². The van der Waals surface area contributed by atoms with Gasteiger partial charge in [-0.05, 0) is 29.1 Å². The van der Waals surface area contributed by atoms with Crippen molar-refractivity contribution in [3.05, 3.63) is 66.2 Å². The number of hydrogen-bond acceptors (Lipinski definition) is 10. The summed E-state index contributed by atoms with van der Waals surface area (Å²) in [5, 5.41) is 12.7. The zero-order valence-corrected chi connectivity index (χ0v) is 20.0. The number of rotatable bonds is 7. The van der Waals surface area contributed by atoms with Gasteiger partial charge in [-0.15, -0.1) is 0 Å². The second kappa shape index (κ2) is 9.27. The molecule has 0 fully saturated rings. The summed E-state index contributed by atoms with van der Waals surface area (Å²) in [7, 11) is -7.95. The summed E-state index contributed by atoms with van der Waals surface area (Å²) in [6.07, 6.45) is -1.16. The standard InChI is InChI=1S/C21H18FN5O7S2/c1-27(11-12-5-3-2-4-6-12)21-25-19(22)24-20(26-21)23-16-9-14(35(29,30)31)7-13-8-15(36(32,33)34)10-17(28)18(13)16/h2-10,28H,11H2,1H3,(H,29,30,31)(H,32,33,34)(H,23,24,25,26). The van der Waals surface area contributed by atoms with Crippen LogP contribution in [0.25, 0.3) is 10.8 Å². The van der Waals surface area contributed by atoms with Gasteiger partial charge in [0.15, 0.2) is 0 Å². The molecule has 0 spiro atoms. The van der Waals surface area contributed by atoms with E-state index in [1.807, 2.05) is 30.3 Å². The first-order valence-corrected chi connectivity index (χ1v) is 12.9. The van der Waals surface area contributed by atoms with Gasteiger partial charge in [-0.1, -0.05) is 30.3 Å². The zero-order valence-electron chi connectivity index (χ0n) is 18.4. The summed E-state index contributed by atoms with van der Waals surface area (Å²) in [5.74, 6) is -1.10. The number of hydrogen-bond donors (Lipinski definition) is 4. The number of benzene rings is 3. The monoisotopic (exact) mass is 535 g/mol. The first-order chi connectivity index (χ1) is 16.8. The van der Waals surface area contributed by atoms with Gasteiger partial charge in [0, 0.05) is 25.0 Å². The van der Waals surface area contributed by atoms with Crippen molar-refractivity contribution < 1.29 is 35.4 Å². The molecule has 15 heteroatoms. The summed E-state index contributed by atoms with van der Waals surface area (Å²) in [6.45, 7) is 0.324. The van der Waals surface area contributed by atoms with Crippen LogP contribution >= 0.6 is 0 Å². The molecule has 0 aliphatic heterocycles. The van der Waals surface area contributed by atoms with Gasteiger partial charge in [0.05, 0.1) is 15.5 Å². The fraction of sp³-hybridized carbons (Fsp3) is 0.0952. The molecule has 12 nitrogen and oxygen atoms in total. The number of fused-ring (bicyclic) bond motifs is 1. The van der Waals surface area contributed by atoms with Crippen LogP contribution in [-0.2, 0) is 26.8 Å². The Bertz CT molecular complexity index is 1680. The van der Waals surface area contributed by atoms with Crippen LogP contribution in [0.5, 0.6) is 5.75 Å². The molecule has 188 valence electrons. The minimum Gasteiger partial charge on any atom is -0.507 e. The predicted octanol–water partition coefficient (Wildman–Crippen LogP) is 2.74. The second-order valence-corrected chi connectivity index (χ2v) is 10.5. The van der Waals surface area contributed by atoms with Crippen LogP contribution in [-0.4, -0.2) is 53.0 Å². The lowest BCUT2D eigenvalue weighted by Crippen LogP contribution is -2.20. The number of nitrogens with zero attached hydrogens (tertiary/aromatic N) is 4. The van der Waals surface area contributed by atoms with Gasteiger partial charge in [-0.25, -0.2) is 0 Å². The number of aromatic nitrogens is 3. The number of phenolic OH excluding ortho intramolecular Hbond substituents is 1. The molecule has 0 radical (unpaired) electrons. The molecule has 4 aromatic rings. The summed E-state index contributed by atoms with van der Waals surface area (Å²) >= 11 is 0. The zero-order chi connectivity index (χ0) is 26.3. The smallest absolute Gasteiger partial charge is 0.315 e. The van der Waals surface area contributed by atoms with Crippen molar-refractivity contribution >= 4 is 48.6 Å².